The number of likely N-dealkylation sites (N-methyl/N-ethyl adjacent to an activating group) is 1. The quantitative estimate of drug-likeness (QED) is 0.351. The average molecular weight is 670 g/mol. The van der Waals surface area contributed by atoms with Gasteiger partial charge in [0.1, 0.15) is 5.75 Å². The Morgan fingerprint density at radius 1 is 1.17 bits per heavy atom. The molecule has 1 aromatic heterocycles. The molecule has 0 unspecified atom stereocenters. The van der Waals surface area contributed by atoms with Crippen molar-refractivity contribution in [2.75, 3.05) is 38.7 Å². The molecule has 0 saturated carbocycles. The maximum absolute atomic E-state index is 14.3. The van der Waals surface area contributed by atoms with Gasteiger partial charge in [-0.1, -0.05) is 37.3 Å². The Hall–Kier alpha value is -3.78. The van der Waals surface area contributed by atoms with Gasteiger partial charge in [-0.05, 0) is 56.9 Å². The van der Waals surface area contributed by atoms with Crippen LogP contribution in [0.15, 0.2) is 66.1 Å². The Balaban J connectivity index is 1.62. The summed E-state index contributed by atoms with van der Waals surface area (Å²) in [5.41, 5.74) is 1.57. The fourth-order valence-corrected chi connectivity index (χ4v) is 6.62. The molecule has 0 spiro atoms. The second-order valence-corrected chi connectivity index (χ2v) is 14.4. The second-order valence-electron chi connectivity index (χ2n) is 12.4. The zero-order chi connectivity index (χ0) is 34.1. The predicted molar refractivity (Wildman–Crippen MR) is 179 cm³/mol. The van der Waals surface area contributed by atoms with Crippen LogP contribution in [0, 0.1) is 5.92 Å². The number of carbonyl (C=O) groups excluding carboxylic acids is 2. The standard InChI is InChI=1S/C34H47N5O7S/c1-24-19-39(25(2)22-40)34(42)29-18-28(36-32(41)17-27-12-7-6-8-13-27)14-15-30(29)46-26(3)11-9-10-16-45-31(24)20-38(5)47(43,44)33-21-37(4)23-35-33/h6-8,12-15,18,21,23-26,31,40H,9-11,16-17,19-20,22H2,1-5H3,(H,36,41)/t24-,25-,26+,31-/m0/s1. The maximum Gasteiger partial charge on any atom is 0.261 e. The molecule has 0 radical (unpaired) electrons. The number of imidazole rings is 1. The molecule has 4 rings (SSSR count). The number of anilines is 1. The van der Waals surface area contributed by atoms with Crippen molar-refractivity contribution in [3.05, 3.63) is 72.2 Å². The van der Waals surface area contributed by atoms with E-state index in [4.69, 9.17) is 9.47 Å². The van der Waals surface area contributed by atoms with Crippen LogP contribution in [0.2, 0.25) is 0 Å². The second kappa shape index (κ2) is 16.4. The van der Waals surface area contributed by atoms with Crippen LogP contribution in [0.3, 0.4) is 0 Å². The average Bonchev–Trinajstić information content (AvgIpc) is 3.49. The lowest BCUT2D eigenvalue weighted by Gasteiger charge is -2.35. The number of aliphatic hydroxyl groups is 1. The van der Waals surface area contributed by atoms with Crippen LogP contribution < -0.4 is 10.1 Å². The number of hydrogen-bond donors (Lipinski definition) is 2. The first-order chi connectivity index (χ1) is 22.4. The third kappa shape index (κ3) is 9.63. The Labute approximate surface area is 277 Å². The van der Waals surface area contributed by atoms with Crippen LogP contribution in [-0.4, -0.2) is 95.7 Å². The van der Waals surface area contributed by atoms with Gasteiger partial charge in [0, 0.05) is 51.6 Å². The monoisotopic (exact) mass is 669 g/mol. The van der Waals surface area contributed by atoms with E-state index in [0.717, 1.165) is 18.4 Å². The molecule has 0 fully saturated rings. The summed E-state index contributed by atoms with van der Waals surface area (Å²) in [6.45, 7) is 5.92. The number of sulfonamides is 1. The molecule has 12 nitrogen and oxygen atoms in total. The molecule has 0 aliphatic carbocycles. The van der Waals surface area contributed by atoms with Gasteiger partial charge in [-0.25, -0.2) is 13.4 Å². The van der Waals surface area contributed by atoms with Crippen molar-refractivity contribution >= 4 is 27.5 Å². The van der Waals surface area contributed by atoms with Gasteiger partial charge in [0.15, 0.2) is 5.03 Å². The first-order valence-corrected chi connectivity index (χ1v) is 17.4. The number of carbonyl (C=O) groups is 2. The molecule has 4 atom stereocenters. The molecule has 2 aromatic carbocycles. The highest BCUT2D eigenvalue weighted by Gasteiger charge is 2.33. The van der Waals surface area contributed by atoms with Crippen LogP contribution in [0.1, 0.15) is 56.0 Å². The number of aryl methyl sites for hydroxylation is 1. The van der Waals surface area contributed by atoms with Gasteiger partial charge in [-0.15, -0.1) is 0 Å². The van der Waals surface area contributed by atoms with Crippen molar-refractivity contribution in [2.24, 2.45) is 13.0 Å². The number of nitrogens with zero attached hydrogens (tertiary/aromatic N) is 4. The normalized spacial score (nSPS) is 20.6. The highest BCUT2D eigenvalue weighted by atomic mass is 32.2. The van der Waals surface area contributed by atoms with Gasteiger partial charge in [-0.3, -0.25) is 9.59 Å². The first kappa shape index (κ1) is 36.1. The maximum atomic E-state index is 14.3. The Morgan fingerprint density at radius 3 is 2.60 bits per heavy atom. The van der Waals surface area contributed by atoms with Crippen molar-refractivity contribution in [1.82, 2.24) is 18.8 Å². The molecule has 47 heavy (non-hydrogen) atoms. The molecule has 0 saturated heterocycles. The van der Waals surface area contributed by atoms with Crippen molar-refractivity contribution in [3.8, 4) is 5.75 Å². The molecule has 1 aliphatic rings. The molecule has 0 bridgehead atoms. The summed E-state index contributed by atoms with van der Waals surface area (Å²) in [4.78, 5) is 32.8. The summed E-state index contributed by atoms with van der Waals surface area (Å²) >= 11 is 0. The topological polar surface area (TPSA) is 143 Å². The fourth-order valence-electron chi connectivity index (χ4n) is 5.48. The number of aliphatic hydroxyl groups excluding tert-OH is 1. The van der Waals surface area contributed by atoms with E-state index in [0.29, 0.717) is 24.5 Å². The molecule has 2 heterocycles. The molecular weight excluding hydrogens is 622 g/mol. The van der Waals surface area contributed by atoms with Gasteiger partial charge in [-0.2, -0.15) is 4.31 Å². The van der Waals surface area contributed by atoms with Crippen LogP contribution in [0.5, 0.6) is 5.75 Å². The van der Waals surface area contributed by atoms with Crippen LogP contribution in [-0.2, 0) is 33.0 Å². The number of hydrogen-bond acceptors (Lipinski definition) is 8. The fraction of sp³-hybridized carbons (Fsp3) is 0.500. The van der Waals surface area contributed by atoms with Crippen LogP contribution in [0.4, 0.5) is 5.69 Å². The lowest BCUT2D eigenvalue weighted by molar-refractivity contribution is -0.115. The van der Waals surface area contributed by atoms with E-state index < -0.39 is 22.2 Å². The minimum absolute atomic E-state index is 0.0449. The lowest BCUT2D eigenvalue weighted by Crippen LogP contribution is -2.48. The summed E-state index contributed by atoms with van der Waals surface area (Å²) in [5, 5.41) is 13.0. The summed E-state index contributed by atoms with van der Waals surface area (Å²) in [5.74, 6) is -0.547. The van der Waals surface area contributed by atoms with Crippen molar-refractivity contribution in [3.63, 3.8) is 0 Å². The van der Waals surface area contributed by atoms with Crippen molar-refractivity contribution in [2.45, 2.75) is 69.7 Å². The van der Waals surface area contributed by atoms with Crippen molar-refractivity contribution in [1.29, 1.82) is 0 Å². The summed E-state index contributed by atoms with van der Waals surface area (Å²) in [7, 11) is -0.683. The van der Waals surface area contributed by atoms with E-state index >= 15 is 0 Å². The number of amides is 2. The molecule has 1 aliphatic heterocycles. The third-order valence-electron chi connectivity index (χ3n) is 8.34. The van der Waals surface area contributed by atoms with E-state index in [1.165, 1.54) is 23.9 Å². The molecule has 2 N–H and O–H groups in total. The van der Waals surface area contributed by atoms with Gasteiger partial charge in [0.25, 0.3) is 15.9 Å². The molecular formula is C34H47N5O7S. The van der Waals surface area contributed by atoms with Crippen LogP contribution >= 0.6 is 0 Å². The lowest BCUT2D eigenvalue weighted by atomic mass is 10.0. The number of fused-ring (bicyclic) bond motifs is 1. The summed E-state index contributed by atoms with van der Waals surface area (Å²) < 4.78 is 42.0. The summed E-state index contributed by atoms with van der Waals surface area (Å²) in [6.07, 6.45) is 4.54. The van der Waals surface area contributed by atoms with Crippen LogP contribution in [0.25, 0.3) is 0 Å². The van der Waals surface area contributed by atoms with E-state index in [2.05, 4.69) is 10.3 Å². The zero-order valence-corrected chi connectivity index (χ0v) is 28.7. The summed E-state index contributed by atoms with van der Waals surface area (Å²) in [6, 6.07) is 13.8. The first-order valence-electron chi connectivity index (χ1n) is 16.0. The number of nitrogens with one attached hydrogen (secondary N) is 1. The minimum Gasteiger partial charge on any atom is -0.490 e. The minimum atomic E-state index is -3.88. The Morgan fingerprint density at radius 2 is 1.91 bits per heavy atom. The molecule has 13 heteroatoms. The van der Waals surface area contributed by atoms with E-state index in [1.54, 1.807) is 41.6 Å². The molecule has 256 valence electrons. The van der Waals surface area contributed by atoms with Crippen molar-refractivity contribution < 1.29 is 32.6 Å². The zero-order valence-electron chi connectivity index (χ0n) is 27.8. The van der Waals surface area contributed by atoms with E-state index in [-0.39, 0.29) is 60.5 Å². The Bertz CT molecular complexity index is 1600. The predicted octanol–water partition coefficient (Wildman–Crippen LogP) is 3.72. The number of ether oxygens (including phenoxy) is 2. The number of aromatic nitrogens is 2. The van der Waals surface area contributed by atoms with Gasteiger partial charge in [0.2, 0.25) is 5.91 Å². The Kier molecular flexibility index (Phi) is 12.6. The van der Waals surface area contributed by atoms with Gasteiger partial charge < -0.3 is 29.4 Å². The number of rotatable bonds is 9. The van der Waals surface area contributed by atoms with E-state index in [1.807, 2.05) is 44.2 Å². The van der Waals surface area contributed by atoms with E-state index in [9.17, 15) is 23.1 Å². The largest absolute Gasteiger partial charge is 0.490 e. The van der Waals surface area contributed by atoms with Gasteiger partial charge >= 0.3 is 0 Å². The highest BCUT2D eigenvalue weighted by Crippen LogP contribution is 2.29. The smallest absolute Gasteiger partial charge is 0.261 e. The molecule has 3 aromatic rings. The SMILES string of the molecule is C[C@@H]1CCCCO[C@@H](CN(C)S(=O)(=O)c2cn(C)cn2)[C@@H](C)CN([C@@H](C)CO)C(=O)c2cc(NC(=O)Cc3ccccc3)ccc2O1. The third-order valence-corrected chi connectivity index (χ3v) is 10.0. The number of benzene rings is 2. The highest BCUT2D eigenvalue weighted by molar-refractivity contribution is 7.89. The van der Waals surface area contributed by atoms with Gasteiger partial charge in [0.05, 0.1) is 43.2 Å². The molecule has 2 amide bonds.